The van der Waals surface area contributed by atoms with Gasteiger partial charge >= 0.3 is 11.9 Å². The number of nitrogens with one attached hydrogen (secondary N) is 4. The highest BCUT2D eigenvalue weighted by Gasteiger charge is 2.28. The number of non-ortho nitro benzene ring substituents is 1. The molecule has 0 spiro atoms. The van der Waals surface area contributed by atoms with Gasteiger partial charge in [-0.15, -0.1) is 0 Å². The summed E-state index contributed by atoms with van der Waals surface area (Å²) >= 11 is 0. The Labute approximate surface area is 284 Å². The van der Waals surface area contributed by atoms with E-state index in [-0.39, 0.29) is 49.0 Å². The summed E-state index contributed by atoms with van der Waals surface area (Å²) in [7, 11) is 0. The molecule has 0 saturated carbocycles. The van der Waals surface area contributed by atoms with Crippen molar-refractivity contribution >= 4 is 46.8 Å². The molecule has 0 aliphatic heterocycles. The number of nitriles is 1. The Hall–Kier alpha value is -5.56. The predicted octanol–water partition coefficient (Wildman–Crippen LogP) is 3.88. The number of rotatable bonds is 17. The number of carbonyl (C=O) groups is 4. The van der Waals surface area contributed by atoms with Crippen molar-refractivity contribution in [2.45, 2.75) is 71.9 Å². The number of guanidine groups is 1. The van der Waals surface area contributed by atoms with Gasteiger partial charge in [0.05, 0.1) is 23.1 Å². The summed E-state index contributed by atoms with van der Waals surface area (Å²) < 4.78 is 5.40. The monoisotopic (exact) mass is 681 g/mol. The van der Waals surface area contributed by atoms with E-state index in [2.05, 4.69) is 26.3 Å². The standard InChI is InChI=1S/C33H43N7O9/c1-20(2)16-25(21-6-8-22(9-7-21)36-32(35-19-34)37-23-10-12-24(13-11-23)40(47)48)29(42)39-26(30(43)44)14-15-49-18-27(31(45)46)38-28(41)17-33(3,4)5/h6-13,20,25-27H,14-18H2,1-5H3,(H,38,41)(H,39,42)(H,43,44)(H,45,46)(H2,35,36,37). The third-order valence-electron chi connectivity index (χ3n) is 6.85. The van der Waals surface area contributed by atoms with Gasteiger partial charge in [-0.25, -0.2) is 14.6 Å². The number of ether oxygens (including phenoxy) is 1. The van der Waals surface area contributed by atoms with Gasteiger partial charge in [-0.05, 0) is 47.6 Å². The van der Waals surface area contributed by atoms with E-state index < -0.39 is 46.7 Å². The summed E-state index contributed by atoms with van der Waals surface area (Å²) in [5.74, 6) is -4.15. The van der Waals surface area contributed by atoms with E-state index >= 15 is 0 Å². The molecule has 16 heteroatoms. The Morgan fingerprint density at radius 1 is 0.980 bits per heavy atom. The van der Waals surface area contributed by atoms with E-state index in [0.717, 1.165) is 0 Å². The van der Waals surface area contributed by atoms with Gasteiger partial charge in [0, 0.05) is 37.3 Å². The maximum Gasteiger partial charge on any atom is 0.328 e. The molecule has 0 fully saturated rings. The van der Waals surface area contributed by atoms with Gasteiger partial charge in [0.25, 0.3) is 5.69 Å². The first kappa shape index (κ1) is 39.6. The number of hydrogen-bond donors (Lipinski definition) is 6. The number of benzene rings is 2. The number of aliphatic imine (C=N–C) groups is 1. The topological polar surface area (TPSA) is 245 Å². The highest BCUT2D eigenvalue weighted by Crippen LogP contribution is 2.26. The quantitative estimate of drug-likeness (QED) is 0.0265. The highest BCUT2D eigenvalue weighted by molar-refractivity contribution is 5.96. The van der Waals surface area contributed by atoms with E-state index in [0.29, 0.717) is 23.4 Å². The second kappa shape index (κ2) is 18.7. The smallest absolute Gasteiger partial charge is 0.328 e. The first-order valence-corrected chi connectivity index (χ1v) is 15.5. The van der Waals surface area contributed by atoms with Crippen LogP contribution < -0.4 is 21.3 Å². The molecule has 0 aromatic heterocycles. The van der Waals surface area contributed by atoms with E-state index in [9.17, 15) is 39.5 Å². The molecule has 2 amide bonds. The number of hydrogen-bond acceptors (Lipinski definition) is 9. The molecule has 2 rings (SSSR count). The lowest BCUT2D eigenvalue weighted by atomic mass is 9.89. The Bertz CT molecular complexity index is 1530. The van der Waals surface area contributed by atoms with Crippen LogP contribution in [-0.2, 0) is 23.9 Å². The van der Waals surface area contributed by atoms with Gasteiger partial charge in [0.15, 0.2) is 12.2 Å². The van der Waals surface area contributed by atoms with Gasteiger partial charge in [-0.2, -0.15) is 5.26 Å². The van der Waals surface area contributed by atoms with Crippen molar-refractivity contribution in [2.24, 2.45) is 16.3 Å². The number of anilines is 1. The average molecular weight is 682 g/mol. The van der Waals surface area contributed by atoms with Crippen LogP contribution in [0.2, 0.25) is 0 Å². The van der Waals surface area contributed by atoms with Gasteiger partial charge < -0.3 is 30.9 Å². The number of amides is 2. The van der Waals surface area contributed by atoms with Crippen LogP contribution in [0.1, 0.15) is 65.4 Å². The summed E-state index contributed by atoms with van der Waals surface area (Å²) in [5, 5.41) is 49.6. The average Bonchev–Trinajstić information content (AvgIpc) is 3.00. The summed E-state index contributed by atoms with van der Waals surface area (Å²) in [6, 6.07) is 9.45. The summed E-state index contributed by atoms with van der Waals surface area (Å²) in [4.78, 5) is 63.8. The first-order valence-electron chi connectivity index (χ1n) is 15.5. The molecular weight excluding hydrogens is 638 g/mol. The molecule has 49 heavy (non-hydrogen) atoms. The molecule has 0 aliphatic rings. The fraction of sp³-hybridized carbons (Fsp3) is 0.455. The molecule has 6 N–H and O–H groups in total. The van der Waals surface area contributed by atoms with Gasteiger partial charge in [0.2, 0.25) is 17.8 Å². The molecule has 3 unspecified atom stereocenters. The molecule has 0 heterocycles. The summed E-state index contributed by atoms with van der Waals surface area (Å²) in [6.45, 7) is 8.79. The predicted molar refractivity (Wildman–Crippen MR) is 180 cm³/mol. The SMILES string of the molecule is CC(C)CC(C(=O)NC(CCOCC(NC(=O)CC(C)(C)C)C(=O)O)C(=O)O)c1ccc(NC(=Nc2ccc([N+](=O)[O-])cc2)NC#N)cc1. The van der Waals surface area contributed by atoms with Crippen LogP contribution in [0.5, 0.6) is 0 Å². The third-order valence-corrected chi connectivity index (χ3v) is 6.85. The molecule has 0 radical (unpaired) electrons. The van der Waals surface area contributed by atoms with Crippen LogP contribution in [0, 0.1) is 32.9 Å². The minimum Gasteiger partial charge on any atom is -0.480 e. The maximum absolute atomic E-state index is 13.4. The lowest BCUT2D eigenvalue weighted by Crippen LogP contribution is -2.46. The van der Waals surface area contributed by atoms with Crippen molar-refractivity contribution in [3.63, 3.8) is 0 Å². The van der Waals surface area contributed by atoms with E-state index in [1.54, 1.807) is 30.5 Å². The molecule has 2 aromatic carbocycles. The van der Waals surface area contributed by atoms with Gasteiger partial charge in [-0.3, -0.25) is 25.0 Å². The maximum atomic E-state index is 13.4. The van der Waals surface area contributed by atoms with Crippen molar-refractivity contribution in [3.05, 3.63) is 64.2 Å². The van der Waals surface area contributed by atoms with E-state index in [1.807, 2.05) is 34.6 Å². The fourth-order valence-electron chi connectivity index (χ4n) is 4.55. The Morgan fingerprint density at radius 2 is 1.59 bits per heavy atom. The molecular formula is C33H43N7O9. The molecule has 264 valence electrons. The van der Waals surface area contributed by atoms with Crippen LogP contribution in [0.15, 0.2) is 53.5 Å². The van der Waals surface area contributed by atoms with Crippen LogP contribution in [-0.4, -0.2) is 70.1 Å². The Balaban J connectivity index is 2.09. The zero-order valence-corrected chi connectivity index (χ0v) is 28.1. The van der Waals surface area contributed by atoms with Gasteiger partial charge in [0.1, 0.15) is 6.04 Å². The number of aliphatic carboxylic acids is 2. The normalized spacial score (nSPS) is 13.4. The minimum absolute atomic E-state index is 0.0501. The lowest BCUT2D eigenvalue weighted by Gasteiger charge is -2.23. The second-order valence-electron chi connectivity index (χ2n) is 12.9. The number of nitrogens with zero attached hydrogens (tertiary/aromatic N) is 3. The van der Waals surface area contributed by atoms with Crippen molar-refractivity contribution in [1.82, 2.24) is 16.0 Å². The Morgan fingerprint density at radius 3 is 2.10 bits per heavy atom. The lowest BCUT2D eigenvalue weighted by molar-refractivity contribution is -0.384. The molecule has 2 aromatic rings. The van der Waals surface area contributed by atoms with Crippen molar-refractivity contribution in [1.29, 1.82) is 5.26 Å². The van der Waals surface area contributed by atoms with Crippen LogP contribution >= 0.6 is 0 Å². The van der Waals surface area contributed by atoms with Crippen LogP contribution in [0.4, 0.5) is 17.1 Å². The zero-order chi connectivity index (χ0) is 36.7. The fourth-order valence-corrected chi connectivity index (χ4v) is 4.55. The molecule has 0 bridgehead atoms. The molecule has 3 atom stereocenters. The first-order chi connectivity index (χ1) is 23.0. The molecule has 16 nitrogen and oxygen atoms in total. The molecule has 0 aliphatic carbocycles. The number of carboxylic acids is 2. The van der Waals surface area contributed by atoms with Crippen molar-refractivity contribution < 1.29 is 39.1 Å². The van der Waals surface area contributed by atoms with Crippen LogP contribution in [0.3, 0.4) is 0 Å². The van der Waals surface area contributed by atoms with Crippen LogP contribution in [0.25, 0.3) is 0 Å². The molecule has 0 saturated heterocycles. The third kappa shape index (κ3) is 14.4. The van der Waals surface area contributed by atoms with E-state index in [4.69, 9.17) is 10.00 Å². The number of carboxylic acid groups (broad SMARTS) is 2. The Kier molecular flexibility index (Phi) is 15.1. The van der Waals surface area contributed by atoms with Crippen molar-refractivity contribution in [3.8, 4) is 6.19 Å². The number of carbonyl (C=O) groups excluding carboxylic acids is 2. The number of nitro groups is 1. The largest absolute Gasteiger partial charge is 0.480 e. The second-order valence-corrected chi connectivity index (χ2v) is 12.9. The van der Waals surface area contributed by atoms with E-state index in [1.165, 1.54) is 24.3 Å². The zero-order valence-electron chi connectivity index (χ0n) is 28.1. The summed E-state index contributed by atoms with van der Waals surface area (Å²) in [5.41, 5.74) is 1.01. The minimum atomic E-state index is -1.32. The van der Waals surface area contributed by atoms with Crippen molar-refractivity contribution in [2.75, 3.05) is 18.5 Å². The highest BCUT2D eigenvalue weighted by atomic mass is 16.6. The summed E-state index contributed by atoms with van der Waals surface area (Å²) in [6.07, 6.45) is 2.13. The van der Waals surface area contributed by atoms with Gasteiger partial charge in [-0.1, -0.05) is 46.8 Å². The number of nitro benzene ring substituents is 1.